The molecule has 1 fully saturated rings. The third-order valence-electron chi connectivity index (χ3n) is 1.95. The summed E-state index contributed by atoms with van der Waals surface area (Å²) in [5, 5.41) is 0. The van der Waals surface area contributed by atoms with E-state index in [9.17, 15) is 0 Å². The van der Waals surface area contributed by atoms with Crippen molar-refractivity contribution in [1.29, 1.82) is 0 Å². The first kappa shape index (κ1) is 8.97. The number of pyridine rings is 1. The molecule has 13 heavy (non-hydrogen) atoms. The smallest absolute Gasteiger partial charge is 0.128 e. The van der Waals surface area contributed by atoms with Gasteiger partial charge in [0.05, 0.1) is 6.10 Å². The molecule has 2 rings (SSSR count). The second kappa shape index (κ2) is 3.64. The number of hydrogen-bond donors (Lipinski definition) is 1. The average molecular weight is 243 g/mol. The van der Waals surface area contributed by atoms with E-state index in [-0.39, 0.29) is 0 Å². The molecule has 0 aromatic carbocycles. The number of hydrogen-bond acceptors (Lipinski definition) is 3. The maximum Gasteiger partial charge on any atom is 0.128 e. The molecule has 0 bridgehead atoms. The molecule has 1 aromatic rings. The Balaban J connectivity index is 2.22. The molecular weight excluding hydrogens is 232 g/mol. The summed E-state index contributed by atoms with van der Waals surface area (Å²) in [6.45, 7) is 0.475. The maximum absolute atomic E-state index is 5.68. The Hall–Kier alpha value is -0.610. The summed E-state index contributed by atoms with van der Waals surface area (Å²) in [7, 11) is 0. The van der Waals surface area contributed by atoms with Gasteiger partial charge in [0.2, 0.25) is 0 Å². The summed E-state index contributed by atoms with van der Waals surface area (Å²) < 4.78 is 6.47. The summed E-state index contributed by atoms with van der Waals surface area (Å²) in [5.41, 5.74) is 6.53. The molecule has 1 heterocycles. The monoisotopic (exact) mass is 242 g/mol. The van der Waals surface area contributed by atoms with Gasteiger partial charge in [-0.2, -0.15) is 0 Å². The molecule has 0 amide bonds. The summed E-state index contributed by atoms with van der Waals surface area (Å²) in [4.78, 5) is 4.09. The average Bonchev–Trinajstić information content (AvgIpc) is 2.89. The zero-order valence-electron chi connectivity index (χ0n) is 7.16. The topological polar surface area (TPSA) is 48.1 Å². The Bertz CT molecular complexity index is 312. The first-order valence-corrected chi connectivity index (χ1v) is 5.10. The van der Waals surface area contributed by atoms with Crippen LogP contribution in [-0.2, 0) is 6.54 Å². The Morgan fingerprint density at radius 3 is 3.00 bits per heavy atom. The molecule has 0 aliphatic heterocycles. The van der Waals surface area contributed by atoms with Crippen LogP contribution in [0.25, 0.3) is 0 Å². The quantitative estimate of drug-likeness (QED) is 0.824. The third kappa shape index (κ3) is 2.19. The number of nitrogens with zero attached hydrogens (tertiary/aromatic N) is 1. The molecule has 0 unspecified atom stereocenters. The van der Waals surface area contributed by atoms with Crippen LogP contribution in [0.5, 0.6) is 5.75 Å². The Labute approximate surface area is 85.4 Å². The number of aromatic nitrogens is 1. The Morgan fingerprint density at radius 2 is 2.38 bits per heavy atom. The molecule has 0 saturated heterocycles. The van der Waals surface area contributed by atoms with E-state index in [0.29, 0.717) is 12.6 Å². The molecule has 70 valence electrons. The van der Waals surface area contributed by atoms with E-state index >= 15 is 0 Å². The maximum atomic E-state index is 5.68. The van der Waals surface area contributed by atoms with E-state index in [4.69, 9.17) is 10.5 Å². The number of ether oxygens (including phenoxy) is 1. The van der Waals surface area contributed by atoms with Gasteiger partial charge in [0.15, 0.2) is 0 Å². The minimum atomic E-state index is 0.402. The van der Waals surface area contributed by atoms with Crippen LogP contribution in [0.1, 0.15) is 18.4 Å². The summed E-state index contributed by atoms with van der Waals surface area (Å²) >= 11 is 3.30. The van der Waals surface area contributed by atoms with Gasteiger partial charge in [-0.3, -0.25) is 0 Å². The number of nitrogens with two attached hydrogens (primary N) is 1. The second-order valence-corrected chi connectivity index (χ2v) is 3.95. The van der Waals surface area contributed by atoms with Crippen molar-refractivity contribution in [1.82, 2.24) is 4.98 Å². The van der Waals surface area contributed by atoms with Gasteiger partial charge in [-0.15, -0.1) is 0 Å². The van der Waals surface area contributed by atoms with Crippen LogP contribution in [0.2, 0.25) is 0 Å². The van der Waals surface area contributed by atoms with Crippen molar-refractivity contribution in [2.75, 3.05) is 0 Å². The fourth-order valence-electron chi connectivity index (χ4n) is 1.07. The van der Waals surface area contributed by atoms with E-state index in [0.717, 1.165) is 28.8 Å². The highest BCUT2D eigenvalue weighted by Crippen LogP contribution is 2.30. The molecule has 3 nitrogen and oxygen atoms in total. The summed E-state index contributed by atoms with van der Waals surface area (Å²) in [6.07, 6.45) is 4.47. The van der Waals surface area contributed by atoms with Crippen LogP contribution in [0.15, 0.2) is 16.9 Å². The predicted octanol–water partition coefficient (Wildman–Crippen LogP) is 1.84. The normalized spacial score (nSPS) is 15.8. The van der Waals surface area contributed by atoms with Crippen molar-refractivity contribution in [2.45, 2.75) is 25.5 Å². The molecule has 1 saturated carbocycles. The predicted molar refractivity (Wildman–Crippen MR) is 53.5 cm³/mol. The molecule has 0 radical (unpaired) electrons. The van der Waals surface area contributed by atoms with Crippen LogP contribution in [0, 0.1) is 0 Å². The van der Waals surface area contributed by atoms with Crippen molar-refractivity contribution in [3.8, 4) is 5.75 Å². The zero-order chi connectivity index (χ0) is 9.26. The van der Waals surface area contributed by atoms with Crippen LogP contribution in [-0.4, -0.2) is 11.1 Å². The van der Waals surface area contributed by atoms with Crippen molar-refractivity contribution in [3.63, 3.8) is 0 Å². The zero-order valence-corrected chi connectivity index (χ0v) is 8.75. The molecule has 1 aromatic heterocycles. The summed E-state index contributed by atoms with van der Waals surface area (Å²) in [5.74, 6) is 0.867. The van der Waals surface area contributed by atoms with Gasteiger partial charge in [-0.05, 0) is 28.8 Å². The van der Waals surface area contributed by atoms with Crippen LogP contribution < -0.4 is 10.5 Å². The fourth-order valence-corrected chi connectivity index (χ4v) is 1.38. The van der Waals surface area contributed by atoms with E-state index in [1.807, 2.05) is 6.07 Å². The summed E-state index contributed by atoms with van der Waals surface area (Å²) in [6, 6.07) is 1.88. The molecule has 0 atom stereocenters. The van der Waals surface area contributed by atoms with Gasteiger partial charge in [0.25, 0.3) is 0 Å². The lowest BCUT2D eigenvalue weighted by atomic mass is 10.2. The number of rotatable bonds is 3. The SMILES string of the molecule is NCc1cnc(Br)cc1OC1CC1. The lowest BCUT2D eigenvalue weighted by molar-refractivity contribution is 0.299. The Kier molecular flexibility index (Phi) is 2.51. The van der Waals surface area contributed by atoms with Gasteiger partial charge in [-0.25, -0.2) is 4.98 Å². The van der Waals surface area contributed by atoms with E-state index in [1.54, 1.807) is 6.20 Å². The highest BCUT2D eigenvalue weighted by molar-refractivity contribution is 9.10. The molecular formula is C9H11BrN2O. The van der Waals surface area contributed by atoms with Crippen molar-refractivity contribution in [3.05, 3.63) is 22.4 Å². The Morgan fingerprint density at radius 1 is 1.62 bits per heavy atom. The van der Waals surface area contributed by atoms with Crippen LogP contribution in [0.4, 0.5) is 0 Å². The van der Waals surface area contributed by atoms with Crippen molar-refractivity contribution in [2.24, 2.45) is 5.73 Å². The van der Waals surface area contributed by atoms with Crippen molar-refractivity contribution >= 4 is 15.9 Å². The highest BCUT2D eigenvalue weighted by Gasteiger charge is 2.24. The largest absolute Gasteiger partial charge is 0.490 e. The molecule has 0 spiro atoms. The first-order chi connectivity index (χ1) is 6.29. The lowest BCUT2D eigenvalue weighted by Crippen LogP contribution is -2.04. The lowest BCUT2D eigenvalue weighted by Gasteiger charge is -2.08. The second-order valence-electron chi connectivity index (χ2n) is 3.14. The van der Waals surface area contributed by atoms with Gasteiger partial charge >= 0.3 is 0 Å². The van der Waals surface area contributed by atoms with Crippen LogP contribution >= 0.6 is 15.9 Å². The van der Waals surface area contributed by atoms with E-state index in [1.165, 1.54) is 0 Å². The molecule has 2 N–H and O–H groups in total. The van der Waals surface area contributed by atoms with Gasteiger partial charge in [0.1, 0.15) is 10.4 Å². The first-order valence-electron chi connectivity index (χ1n) is 4.30. The van der Waals surface area contributed by atoms with Gasteiger partial charge in [-0.1, -0.05) is 0 Å². The minimum Gasteiger partial charge on any atom is -0.490 e. The van der Waals surface area contributed by atoms with Gasteiger partial charge in [0, 0.05) is 24.4 Å². The molecule has 1 aliphatic carbocycles. The van der Waals surface area contributed by atoms with Crippen LogP contribution in [0.3, 0.4) is 0 Å². The highest BCUT2D eigenvalue weighted by atomic mass is 79.9. The van der Waals surface area contributed by atoms with E-state index < -0.39 is 0 Å². The third-order valence-corrected chi connectivity index (χ3v) is 2.38. The molecule has 4 heteroatoms. The standard InChI is InChI=1S/C9H11BrN2O/c10-9-3-8(13-7-1-2-7)6(4-11)5-12-9/h3,5,7H,1-2,4,11H2. The van der Waals surface area contributed by atoms with E-state index in [2.05, 4.69) is 20.9 Å². The minimum absolute atomic E-state index is 0.402. The number of halogens is 1. The van der Waals surface area contributed by atoms with Gasteiger partial charge < -0.3 is 10.5 Å². The molecule has 1 aliphatic rings. The van der Waals surface area contributed by atoms with Crippen molar-refractivity contribution < 1.29 is 4.74 Å². The fraction of sp³-hybridized carbons (Fsp3) is 0.444.